The van der Waals surface area contributed by atoms with Crippen LogP contribution in [0.1, 0.15) is 0 Å². The van der Waals surface area contributed by atoms with E-state index < -0.39 is 20.7 Å². The number of nitrogens with one attached hydrogen (secondary N) is 1. The fourth-order valence-corrected chi connectivity index (χ4v) is 2.91. The van der Waals surface area contributed by atoms with Crippen LogP contribution in [0.5, 0.6) is 5.75 Å². The number of rotatable bonds is 4. The zero-order valence-electron chi connectivity index (χ0n) is 10.4. The summed E-state index contributed by atoms with van der Waals surface area (Å²) in [6.45, 7) is 0. The Hall–Kier alpha value is -1.79. The van der Waals surface area contributed by atoms with Gasteiger partial charge in [-0.25, -0.2) is 12.8 Å². The minimum atomic E-state index is -4.06. The van der Waals surface area contributed by atoms with E-state index in [4.69, 9.17) is 16.3 Å². The molecule has 2 rings (SSSR count). The summed E-state index contributed by atoms with van der Waals surface area (Å²) in [6, 6.07) is 9.80. The second-order valence-corrected chi connectivity index (χ2v) is 5.97. The first-order valence-corrected chi connectivity index (χ1v) is 7.41. The predicted octanol–water partition coefficient (Wildman–Crippen LogP) is 3.29. The van der Waals surface area contributed by atoms with Crippen LogP contribution in [0.25, 0.3) is 0 Å². The van der Waals surface area contributed by atoms with Crippen LogP contribution in [0.2, 0.25) is 5.02 Å². The van der Waals surface area contributed by atoms with E-state index in [-0.39, 0.29) is 10.7 Å². The number of para-hydroxylation sites is 2. The SMILES string of the molecule is COc1ccccc1NS(=O)(=O)c1ccc(Cl)cc1F. The maximum absolute atomic E-state index is 13.7. The Morgan fingerprint density at radius 2 is 1.90 bits per heavy atom. The van der Waals surface area contributed by atoms with E-state index in [1.165, 1.54) is 19.2 Å². The second-order valence-electron chi connectivity index (χ2n) is 3.88. The van der Waals surface area contributed by atoms with Gasteiger partial charge in [0.25, 0.3) is 10.0 Å². The van der Waals surface area contributed by atoms with Gasteiger partial charge in [0, 0.05) is 5.02 Å². The van der Waals surface area contributed by atoms with Gasteiger partial charge in [-0.1, -0.05) is 23.7 Å². The van der Waals surface area contributed by atoms with Gasteiger partial charge < -0.3 is 4.74 Å². The quantitative estimate of drug-likeness (QED) is 0.942. The van der Waals surface area contributed by atoms with E-state index >= 15 is 0 Å². The van der Waals surface area contributed by atoms with Crippen LogP contribution in [0.15, 0.2) is 47.4 Å². The molecule has 0 atom stereocenters. The average molecular weight is 316 g/mol. The molecule has 0 aromatic heterocycles. The van der Waals surface area contributed by atoms with Crippen molar-refractivity contribution in [3.63, 3.8) is 0 Å². The topological polar surface area (TPSA) is 55.4 Å². The third kappa shape index (κ3) is 3.02. The molecule has 0 spiro atoms. The van der Waals surface area contributed by atoms with Crippen molar-refractivity contribution in [2.75, 3.05) is 11.8 Å². The lowest BCUT2D eigenvalue weighted by atomic mass is 10.3. The number of halogens is 2. The van der Waals surface area contributed by atoms with E-state index in [0.29, 0.717) is 5.75 Å². The van der Waals surface area contributed by atoms with Crippen molar-refractivity contribution in [2.45, 2.75) is 4.90 Å². The van der Waals surface area contributed by atoms with Crippen molar-refractivity contribution in [3.05, 3.63) is 53.3 Å². The molecular formula is C13H11ClFNO3S. The van der Waals surface area contributed by atoms with Gasteiger partial charge in [0.15, 0.2) is 0 Å². The molecule has 0 aliphatic rings. The van der Waals surface area contributed by atoms with Crippen molar-refractivity contribution in [3.8, 4) is 5.75 Å². The van der Waals surface area contributed by atoms with E-state index in [0.717, 1.165) is 12.1 Å². The Kier molecular flexibility index (Phi) is 4.15. The Morgan fingerprint density at radius 3 is 2.55 bits per heavy atom. The highest BCUT2D eigenvalue weighted by Gasteiger charge is 2.20. The largest absolute Gasteiger partial charge is 0.495 e. The first kappa shape index (κ1) is 14.6. The smallest absolute Gasteiger partial charge is 0.264 e. The minimum Gasteiger partial charge on any atom is -0.495 e. The zero-order valence-corrected chi connectivity index (χ0v) is 12.0. The molecule has 2 aromatic rings. The molecule has 0 radical (unpaired) electrons. The van der Waals surface area contributed by atoms with Crippen LogP contribution in [0, 0.1) is 5.82 Å². The molecule has 0 aliphatic carbocycles. The van der Waals surface area contributed by atoms with Crippen molar-refractivity contribution in [1.82, 2.24) is 0 Å². The van der Waals surface area contributed by atoms with Gasteiger partial charge >= 0.3 is 0 Å². The maximum Gasteiger partial charge on any atom is 0.264 e. The molecule has 7 heteroatoms. The highest BCUT2D eigenvalue weighted by atomic mass is 35.5. The van der Waals surface area contributed by atoms with Gasteiger partial charge in [-0.15, -0.1) is 0 Å². The standard InChI is InChI=1S/C13H11ClFNO3S/c1-19-12-5-3-2-4-11(12)16-20(17,18)13-7-6-9(14)8-10(13)15/h2-8,16H,1H3. The molecule has 1 N–H and O–H groups in total. The van der Waals surface area contributed by atoms with Crippen LogP contribution in [-0.2, 0) is 10.0 Å². The van der Waals surface area contributed by atoms with Crippen molar-refractivity contribution >= 4 is 27.3 Å². The molecule has 0 fully saturated rings. The molecule has 4 nitrogen and oxygen atoms in total. The van der Waals surface area contributed by atoms with Gasteiger partial charge in [-0.3, -0.25) is 4.72 Å². The molecule has 0 saturated heterocycles. The predicted molar refractivity (Wildman–Crippen MR) is 75.2 cm³/mol. The number of methoxy groups -OCH3 is 1. The van der Waals surface area contributed by atoms with E-state index in [1.54, 1.807) is 18.2 Å². The summed E-state index contributed by atoms with van der Waals surface area (Å²) >= 11 is 5.60. The number of hydrogen-bond donors (Lipinski definition) is 1. The van der Waals surface area contributed by atoms with Crippen molar-refractivity contribution in [2.24, 2.45) is 0 Å². The Labute approximate surface area is 121 Å². The van der Waals surface area contributed by atoms with E-state index in [1.807, 2.05) is 0 Å². The second kappa shape index (κ2) is 5.68. The normalized spacial score (nSPS) is 11.2. The summed E-state index contributed by atoms with van der Waals surface area (Å²) in [5.41, 5.74) is 0.226. The lowest BCUT2D eigenvalue weighted by Gasteiger charge is -2.12. The summed E-state index contributed by atoms with van der Waals surface area (Å²) in [4.78, 5) is -0.479. The van der Waals surface area contributed by atoms with Gasteiger partial charge in [0.05, 0.1) is 12.8 Å². The Bertz CT molecular complexity index is 734. The van der Waals surface area contributed by atoms with Crippen molar-refractivity contribution < 1.29 is 17.5 Å². The summed E-state index contributed by atoms with van der Waals surface area (Å²) in [5, 5.41) is 0.124. The number of hydrogen-bond acceptors (Lipinski definition) is 3. The number of benzene rings is 2. The summed E-state index contributed by atoms with van der Waals surface area (Å²) < 4.78 is 45.3. The molecular weight excluding hydrogens is 305 g/mol. The summed E-state index contributed by atoms with van der Waals surface area (Å²) in [7, 11) is -2.64. The fourth-order valence-electron chi connectivity index (χ4n) is 1.62. The molecule has 0 heterocycles. The third-order valence-electron chi connectivity index (χ3n) is 2.53. The molecule has 20 heavy (non-hydrogen) atoms. The Morgan fingerprint density at radius 1 is 1.20 bits per heavy atom. The zero-order chi connectivity index (χ0) is 14.8. The Balaban J connectivity index is 2.41. The van der Waals surface area contributed by atoms with Crippen LogP contribution in [0.4, 0.5) is 10.1 Å². The highest BCUT2D eigenvalue weighted by molar-refractivity contribution is 7.92. The van der Waals surface area contributed by atoms with Gasteiger partial charge in [-0.2, -0.15) is 0 Å². The molecule has 0 aliphatic heterocycles. The van der Waals surface area contributed by atoms with E-state index in [9.17, 15) is 12.8 Å². The molecule has 0 bridgehead atoms. The van der Waals surface area contributed by atoms with Gasteiger partial charge in [-0.05, 0) is 30.3 Å². The van der Waals surface area contributed by atoms with E-state index in [2.05, 4.69) is 4.72 Å². The molecule has 0 amide bonds. The number of sulfonamides is 1. The molecule has 0 saturated carbocycles. The molecule has 0 unspecified atom stereocenters. The monoisotopic (exact) mass is 315 g/mol. The minimum absolute atomic E-state index is 0.124. The van der Waals surface area contributed by atoms with Gasteiger partial charge in [0.1, 0.15) is 16.5 Å². The van der Waals surface area contributed by atoms with Crippen molar-refractivity contribution in [1.29, 1.82) is 0 Å². The average Bonchev–Trinajstić information content (AvgIpc) is 2.38. The number of anilines is 1. The van der Waals surface area contributed by atoms with Crippen LogP contribution >= 0.6 is 11.6 Å². The van der Waals surface area contributed by atoms with Crippen LogP contribution < -0.4 is 9.46 Å². The molecule has 2 aromatic carbocycles. The first-order chi connectivity index (χ1) is 9.44. The summed E-state index contributed by atoms with van der Waals surface area (Å²) in [5.74, 6) is -0.578. The maximum atomic E-state index is 13.7. The lowest BCUT2D eigenvalue weighted by Crippen LogP contribution is -2.15. The van der Waals surface area contributed by atoms with Gasteiger partial charge in [0.2, 0.25) is 0 Å². The lowest BCUT2D eigenvalue weighted by molar-refractivity contribution is 0.417. The summed E-state index contributed by atoms with van der Waals surface area (Å²) in [6.07, 6.45) is 0. The fraction of sp³-hybridized carbons (Fsp3) is 0.0769. The van der Waals surface area contributed by atoms with Crippen LogP contribution in [-0.4, -0.2) is 15.5 Å². The van der Waals surface area contributed by atoms with Crippen LogP contribution in [0.3, 0.4) is 0 Å². The number of ether oxygens (including phenoxy) is 1. The first-order valence-electron chi connectivity index (χ1n) is 5.55. The molecule has 106 valence electrons. The third-order valence-corrected chi connectivity index (χ3v) is 4.17. The highest BCUT2D eigenvalue weighted by Crippen LogP contribution is 2.27.